The summed E-state index contributed by atoms with van der Waals surface area (Å²) in [5, 5.41) is 0. The lowest BCUT2D eigenvalue weighted by atomic mass is 10.00. The van der Waals surface area contributed by atoms with Gasteiger partial charge >= 0.3 is 0 Å². The first kappa shape index (κ1) is 13.6. The molecule has 2 aliphatic heterocycles. The molecule has 0 aromatic carbocycles. The van der Waals surface area contributed by atoms with E-state index < -0.39 is 0 Å². The SMILES string of the molecule is CN1CCCCC1CCN1CCOC(CCl)C1. The molecule has 2 aliphatic rings. The second-order valence-corrected chi connectivity index (χ2v) is 5.68. The summed E-state index contributed by atoms with van der Waals surface area (Å²) >= 11 is 5.86. The van der Waals surface area contributed by atoms with Gasteiger partial charge in [-0.2, -0.15) is 0 Å². The van der Waals surface area contributed by atoms with Gasteiger partial charge in [0.15, 0.2) is 0 Å². The zero-order valence-corrected chi connectivity index (χ0v) is 11.7. The van der Waals surface area contributed by atoms with E-state index in [-0.39, 0.29) is 6.10 Å². The predicted molar refractivity (Wildman–Crippen MR) is 71.8 cm³/mol. The van der Waals surface area contributed by atoms with Crippen molar-refractivity contribution in [3.8, 4) is 0 Å². The van der Waals surface area contributed by atoms with E-state index in [1.165, 1.54) is 38.8 Å². The Morgan fingerprint density at radius 2 is 2.18 bits per heavy atom. The molecule has 0 saturated carbocycles. The van der Waals surface area contributed by atoms with Gasteiger partial charge in [0, 0.05) is 25.0 Å². The maximum Gasteiger partial charge on any atom is 0.0837 e. The molecule has 0 amide bonds. The third-order valence-corrected chi connectivity index (χ3v) is 4.44. The molecule has 2 unspecified atom stereocenters. The Kier molecular flexibility index (Phi) is 5.54. The molecule has 0 N–H and O–H groups in total. The zero-order valence-electron chi connectivity index (χ0n) is 10.9. The standard InChI is InChI=1S/C13H25ClN2O/c1-15-6-3-2-4-12(15)5-7-16-8-9-17-13(10-14)11-16/h12-13H,2-11H2,1H3. The fourth-order valence-electron chi connectivity index (χ4n) is 2.92. The number of likely N-dealkylation sites (tertiary alicyclic amines) is 1. The number of piperidine rings is 1. The molecule has 2 heterocycles. The van der Waals surface area contributed by atoms with Crippen LogP contribution in [0.2, 0.25) is 0 Å². The highest BCUT2D eigenvalue weighted by Gasteiger charge is 2.22. The summed E-state index contributed by atoms with van der Waals surface area (Å²) in [7, 11) is 2.27. The summed E-state index contributed by atoms with van der Waals surface area (Å²) in [5.41, 5.74) is 0. The Hall–Kier alpha value is 0.170. The van der Waals surface area contributed by atoms with Crippen molar-refractivity contribution in [2.24, 2.45) is 0 Å². The number of nitrogens with zero attached hydrogens (tertiary/aromatic N) is 2. The van der Waals surface area contributed by atoms with Crippen LogP contribution in [-0.4, -0.2) is 67.7 Å². The normalized spacial score (nSPS) is 32.8. The maximum absolute atomic E-state index is 5.86. The molecule has 0 radical (unpaired) electrons. The second kappa shape index (κ2) is 6.93. The van der Waals surface area contributed by atoms with E-state index in [1.54, 1.807) is 0 Å². The first-order valence-corrected chi connectivity index (χ1v) is 7.43. The summed E-state index contributed by atoms with van der Waals surface area (Å²) in [6, 6.07) is 0.793. The lowest BCUT2D eigenvalue weighted by Crippen LogP contribution is -2.45. The van der Waals surface area contributed by atoms with Crippen molar-refractivity contribution in [3.63, 3.8) is 0 Å². The fraction of sp³-hybridized carbons (Fsp3) is 1.00. The summed E-state index contributed by atoms with van der Waals surface area (Å²) < 4.78 is 5.59. The van der Waals surface area contributed by atoms with Crippen LogP contribution in [0.15, 0.2) is 0 Å². The average Bonchev–Trinajstić information content (AvgIpc) is 2.38. The Labute approximate surface area is 110 Å². The van der Waals surface area contributed by atoms with Crippen molar-refractivity contribution in [2.75, 3.05) is 45.7 Å². The fourth-order valence-corrected chi connectivity index (χ4v) is 3.10. The third-order valence-electron chi connectivity index (χ3n) is 4.10. The quantitative estimate of drug-likeness (QED) is 0.717. The van der Waals surface area contributed by atoms with E-state index in [9.17, 15) is 0 Å². The number of ether oxygens (including phenoxy) is 1. The van der Waals surface area contributed by atoms with Crippen molar-refractivity contribution in [1.82, 2.24) is 9.80 Å². The minimum absolute atomic E-state index is 0.245. The van der Waals surface area contributed by atoms with E-state index in [0.717, 1.165) is 25.7 Å². The van der Waals surface area contributed by atoms with Crippen molar-refractivity contribution >= 4 is 11.6 Å². The topological polar surface area (TPSA) is 15.7 Å². The Bertz CT molecular complexity index is 227. The predicted octanol–water partition coefficient (Wildman–Crippen LogP) is 1.80. The van der Waals surface area contributed by atoms with Gasteiger partial charge in [-0.05, 0) is 39.4 Å². The molecule has 0 spiro atoms. The highest BCUT2D eigenvalue weighted by atomic mass is 35.5. The number of hydrogen-bond acceptors (Lipinski definition) is 3. The molecule has 2 rings (SSSR count). The first-order valence-electron chi connectivity index (χ1n) is 6.89. The molecule has 2 atom stereocenters. The van der Waals surface area contributed by atoms with Crippen LogP contribution in [-0.2, 0) is 4.74 Å². The van der Waals surface area contributed by atoms with Crippen LogP contribution in [0, 0.1) is 0 Å². The summed E-state index contributed by atoms with van der Waals surface area (Å²) in [6.45, 7) is 5.41. The molecular formula is C13H25ClN2O. The molecule has 3 nitrogen and oxygen atoms in total. The van der Waals surface area contributed by atoms with Gasteiger partial charge < -0.3 is 9.64 Å². The summed E-state index contributed by atoms with van der Waals surface area (Å²) in [5.74, 6) is 0.625. The van der Waals surface area contributed by atoms with Gasteiger partial charge in [-0.3, -0.25) is 4.90 Å². The van der Waals surface area contributed by atoms with Gasteiger partial charge in [0.1, 0.15) is 0 Å². The van der Waals surface area contributed by atoms with Crippen molar-refractivity contribution in [2.45, 2.75) is 37.8 Å². The lowest BCUT2D eigenvalue weighted by molar-refractivity contribution is -0.0192. The van der Waals surface area contributed by atoms with E-state index in [2.05, 4.69) is 16.8 Å². The summed E-state index contributed by atoms with van der Waals surface area (Å²) in [4.78, 5) is 5.04. The largest absolute Gasteiger partial charge is 0.374 e. The lowest BCUT2D eigenvalue weighted by Gasteiger charge is -2.36. The van der Waals surface area contributed by atoms with Gasteiger partial charge in [0.2, 0.25) is 0 Å². The minimum atomic E-state index is 0.245. The van der Waals surface area contributed by atoms with E-state index in [0.29, 0.717) is 5.88 Å². The van der Waals surface area contributed by atoms with Gasteiger partial charge in [0.05, 0.1) is 12.7 Å². The minimum Gasteiger partial charge on any atom is -0.374 e. The first-order chi connectivity index (χ1) is 8.29. The molecule has 100 valence electrons. The van der Waals surface area contributed by atoms with Crippen LogP contribution in [0.3, 0.4) is 0 Å². The third kappa shape index (κ3) is 4.09. The number of rotatable bonds is 4. The van der Waals surface area contributed by atoms with Crippen molar-refractivity contribution in [3.05, 3.63) is 0 Å². The van der Waals surface area contributed by atoms with Crippen LogP contribution in [0.4, 0.5) is 0 Å². The van der Waals surface area contributed by atoms with Crippen LogP contribution in [0.5, 0.6) is 0 Å². The maximum atomic E-state index is 5.86. The molecule has 0 aromatic rings. The average molecular weight is 261 g/mol. The Balaban J connectivity index is 1.69. The smallest absolute Gasteiger partial charge is 0.0837 e. The highest BCUT2D eigenvalue weighted by Crippen LogP contribution is 2.18. The molecule has 0 bridgehead atoms. The molecule has 4 heteroatoms. The second-order valence-electron chi connectivity index (χ2n) is 5.37. The zero-order chi connectivity index (χ0) is 12.1. The van der Waals surface area contributed by atoms with Gasteiger partial charge in [-0.1, -0.05) is 6.42 Å². The summed E-state index contributed by atoms with van der Waals surface area (Å²) in [6.07, 6.45) is 5.70. The van der Waals surface area contributed by atoms with Gasteiger partial charge in [-0.25, -0.2) is 0 Å². The number of alkyl halides is 1. The number of halogens is 1. The monoisotopic (exact) mass is 260 g/mol. The van der Waals surface area contributed by atoms with Crippen molar-refractivity contribution < 1.29 is 4.74 Å². The highest BCUT2D eigenvalue weighted by molar-refractivity contribution is 6.18. The Morgan fingerprint density at radius 1 is 1.29 bits per heavy atom. The molecule has 2 fully saturated rings. The molecular weight excluding hydrogens is 236 g/mol. The number of hydrogen-bond donors (Lipinski definition) is 0. The molecule has 0 aromatic heterocycles. The van der Waals surface area contributed by atoms with Crippen molar-refractivity contribution in [1.29, 1.82) is 0 Å². The molecule has 0 aliphatic carbocycles. The molecule has 17 heavy (non-hydrogen) atoms. The van der Waals surface area contributed by atoms with Gasteiger partial charge in [-0.15, -0.1) is 11.6 Å². The van der Waals surface area contributed by atoms with Crippen LogP contribution < -0.4 is 0 Å². The van der Waals surface area contributed by atoms with E-state index >= 15 is 0 Å². The van der Waals surface area contributed by atoms with E-state index in [4.69, 9.17) is 16.3 Å². The van der Waals surface area contributed by atoms with Gasteiger partial charge in [0.25, 0.3) is 0 Å². The van der Waals surface area contributed by atoms with Crippen LogP contribution in [0.1, 0.15) is 25.7 Å². The van der Waals surface area contributed by atoms with Crippen LogP contribution in [0.25, 0.3) is 0 Å². The van der Waals surface area contributed by atoms with Crippen LogP contribution >= 0.6 is 11.6 Å². The Morgan fingerprint density at radius 3 is 2.94 bits per heavy atom. The van der Waals surface area contributed by atoms with E-state index in [1.807, 2.05) is 0 Å². The number of morpholine rings is 1. The molecule has 2 saturated heterocycles.